The number of fused-ring (bicyclic) bond motifs is 1. The third-order valence-electron chi connectivity index (χ3n) is 5.03. The van der Waals surface area contributed by atoms with Crippen LogP contribution in [0, 0.1) is 0 Å². The summed E-state index contributed by atoms with van der Waals surface area (Å²) in [6, 6.07) is 16.0. The number of carbonyl (C=O) groups is 1. The highest BCUT2D eigenvalue weighted by Gasteiger charge is 2.34. The van der Waals surface area contributed by atoms with E-state index in [9.17, 15) is 4.79 Å². The molecule has 0 unspecified atom stereocenters. The van der Waals surface area contributed by atoms with Crippen LogP contribution in [0.1, 0.15) is 30.9 Å². The SMILES string of the molecule is COc1ccc(Cc2nnc(S[C@H](C)C(=O)N3c4ccccc4C[C@H]3C)o2)cc1. The number of rotatable bonds is 6. The van der Waals surface area contributed by atoms with Crippen LogP contribution in [0.3, 0.4) is 0 Å². The van der Waals surface area contributed by atoms with Gasteiger partial charge in [0.2, 0.25) is 11.8 Å². The number of thioether (sulfide) groups is 1. The molecule has 2 atom stereocenters. The van der Waals surface area contributed by atoms with E-state index in [1.165, 1.54) is 17.3 Å². The Morgan fingerprint density at radius 1 is 1.24 bits per heavy atom. The van der Waals surface area contributed by atoms with Gasteiger partial charge in [-0.1, -0.05) is 42.1 Å². The van der Waals surface area contributed by atoms with Crippen LogP contribution in [-0.4, -0.2) is 34.5 Å². The summed E-state index contributed by atoms with van der Waals surface area (Å²) in [5.74, 6) is 1.39. The summed E-state index contributed by atoms with van der Waals surface area (Å²) < 4.78 is 10.9. The van der Waals surface area contributed by atoms with Crippen LogP contribution < -0.4 is 9.64 Å². The Balaban J connectivity index is 1.41. The molecular weight excluding hydrogens is 386 g/mol. The first kappa shape index (κ1) is 19.5. The van der Waals surface area contributed by atoms with Crippen molar-refractivity contribution >= 4 is 23.4 Å². The molecule has 0 aliphatic carbocycles. The average molecular weight is 410 g/mol. The minimum absolute atomic E-state index is 0.0577. The van der Waals surface area contributed by atoms with Crippen LogP contribution in [0.2, 0.25) is 0 Å². The molecule has 6 nitrogen and oxygen atoms in total. The Labute approximate surface area is 174 Å². The molecule has 3 aromatic rings. The van der Waals surface area contributed by atoms with Crippen LogP contribution in [-0.2, 0) is 17.6 Å². The molecule has 1 aliphatic heterocycles. The number of benzene rings is 2. The highest BCUT2D eigenvalue weighted by molar-refractivity contribution is 8.00. The molecule has 1 aliphatic rings. The van der Waals surface area contributed by atoms with Gasteiger partial charge in [-0.25, -0.2) is 0 Å². The predicted molar refractivity (Wildman–Crippen MR) is 113 cm³/mol. The van der Waals surface area contributed by atoms with Crippen molar-refractivity contribution in [2.24, 2.45) is 0 Å². The first-order valence-corrected chi connectivity index (χ1v) is 10.5. The number of nitrogens with zero attached hydrogens (tertiary/aromatic N) is 3. The minimum atomic E-state index is -0.321. The average Bonchev–Trinajstić information content (AvgIpc) is 3.30. The summed E-state index contributed by atoms with van der Waals surface area (Å²) >= 11 is 1.30. The molecule has 2 aromatic carbocycles. The molecule has 0 bridgehead atoms. The van der Waals surface area contributed by atoms with Gasteiger partial charge in [-0.05, 0) is 49.6 Å². The van der Waals surface area contributed by atoms with Crippen LogP contribution in [0.4, 0.5) is 5.69 Å². The quantitative estimate of drug-likeness (QED) is 0.570. The van der Waals surface area contributed by atoms with Gasteiger partial charge in [0.1, 0.15) is 5.75 Å². The molecule has 0 N–H and O–H groups in total. The van der Waals surface area contributed by atoms with Crippen molar-refractivity contribution in [3.8, 4) is 5.75 Å². The number of ether oxygens (including phenoxy) is 1. The van der Waals surface area contributed by atoms with Gasteiger partial charge in [0, 0.05) is 11.7 Å². The number of hydrogen-bond donors (Lipinski definition) is 0. The summed E-state index contributed by atoms with van der Waals surface area (Å²) in [6.07, 6.45) is 1.42. The van der Waals surface area contributed by atoms with Gasteiger partial charge in [0.15, 0.2) is 0 Å². The number of carbonyl (C=O) groups excluding carboxylic acids is 1. The first-order chi connectivity index (χ1) is 14.0. The maximum Gasteiger partial charge on any atom is 0.277 e. The van der Waals surface area contributed by atoms with Crippen molar-refractivity contribution in [1.29, 1.82) is 0 Å². The molecule has 0 fully saturated rings. The van der Waals surface area contributed by atoms with Gasteiger partial charge in [-0.2, -0.15) is 0 Å². The second-order valence-electron chi connectivity index (χ2n) is 7.14. The molecule has 0 spiro atoms. The largest absolute Gasteiger partial charge is 0.497 e. The number of amides is 1. The molecular formula is C22H23N3O3S. The van der Waals surface area contributed by atoms with E-state index < -0.39 is 0 Å². The number of hydrogen-bond acceptors (Lipinski definition) is 6. The first-order valence-electron chi connectivity index (χ1n) is 9.58. The molecule has 2 heterocycles. The molecule has 4 rings (SSSR count). The Kier molecular flexibility index (Phi) is 5.58. The fourth-order valence-electron chi connectivity index (χ4n) is 3.57. The van der Waals surface area contributed by atoms with Crippen molar-refractivity contribution in [1.82, 2.24) is 10.2 Å². The monoisotopic (exact) mass is 409 g/mol. The normalized spacial score (nSPS) is 16.5. The second kappa shape index (κ2) is 8.29. The van der Waals surface area contributed by atoms with E-state index in [2.05, 4.69) is 23.2 Å². The van der Waals surface area contributed by atoms with Crippen molar-refractivity contribution in [2.75, 3.05) is 12.0 Å². The lowest BCUT2D eigenvalue weighted by Crippen LogP contribution is -2.40. The molecule has 1 amide bonds. The van der Waals surface area contributed by atoms with Gasteiger partial charge in [0.05, 0.1) is 18.8 Å². The standard InChI is InChI=1S/C22H23N3O3S/c1-14-12-17-6-4-5-7-19(17)25(14)21(26)15(2)29-22-24-23-20(28-22)13-16-8-10-18(27-3)11-9-16/h4-11,14-15H,12-13H2,1-3H3/t14-,15-/m1/s1. The lowest BCUT2D eigenvalue weighted by Gasteiger charge is -2.25. The highest BCUT2D eigenvalue weighted by Crippen LogP contribution is 2.34. The van der Waals surface area contributed by atoms with Crippen LogP contribution >= 0.6 is 11.8 Å². The second-order valence-corrected chi connectivity index (χ2v) is 8.43. The topological polar surface area (TPSA) is 68.5 Å². The number of methoxy groups -OCH3 is 1. The summed E-state index contributed by atoms with van der Waals surface area (Å²) in [5, 5.41) is 8.32. The molecule has 150 valence electrons. The fourth-order valence-corrected chi connectivity index (χ4v) is 4.32. The fraction of sp³-hybridized carbons (Fsp3) is 0.318. The lowest BCUT2D eigenvalue weighted by molar-refractivity contribution is -0.118. The van der Waals surface area contributed by atoms with Gasteiger partial charge in [-0.15, -0.1) is 10.2 Å². The van der Waals surface area contributed by atoms with Gasteiger partial charge in [0.25, 0.3) is 5.22 Å². The van der Waals surface area contributed by atoms with Crippen molar-refractivity contribution in [3.05, 3.63) is 65.5 Å². The van der Waals surface area contributed by atoms with E-state index in [-0.39, 0.29) is 17.2 Å². The number of para-hydroxylation sites is 1. The van der Waals surface area contributed by atoms with E-state index in [0.717, 1.165) is 23.4 Å². The summed E-state index contributed by atoms with van der Waals surface area (Å²) in [6.45, 7) is 3.96. The molecule has 0 saturated carbocycles. The zero-order chi connectivity index (χ0) is 20.4. The molecule has 0 radical (unpaired) electrons. The van der Waals surface area contributed by atoms with Crippen molar-refractivity contribution in [2.45, 2.75) is 43.2 Å². The Bertz CT molecular complexity index is 1000. The van der Waals surface area contributed by atoms with E-state index in [1.54, 1.807) is 7.11 Å². The van der Waals surface area contributed by atoms with E-state index in [1.807, 2.05) is 54.3 Å². The Hall–Kier alpha value is -2.80. The lowest BCUT2D eigenvalue weighted by atomic mass is 10.1. The third kappa shape index (κ3) is 4.15. The summed E-state index contributed by atoms with van der Waals surface area (Å²) in [5.41, 5.74) is 3.27. The van der Waals surface area contributed by atoms with Crippen LogP contribution in [0.15, 0.2) is 58.2 Å². The predicted octanol–water partition coefficient (Wildman–Crippen LogP) is 4.13. The number of anilines is 1. The van der Waals surface area contributed by atoms with Crippen molar-refractivity contribution < 1.29 is 13.9 Å². The molecule has 1 aromatic heterocycles. The van der Waals surface area contributed by atoms with E-state index >= 15 is 0 Å². The highest BCUT2D eigenvalue weighted by atomic mass is 32.2. The zero-order valence-corrected chi connectivity index (χ0v) is 17.5. The molecule has 29 heavy (non-hydrogen) atoms. The van der Waals surface area contributed by atoms with E-state index in [4.69, 9.17) is 9.15 Å². The maximum absolute atomic E-state index is 13.1. The number of aromatic nitrogens is 2. The summed E-state index contributed by atoms with van der Waals surface area (Å²) in [7, 11) is 1.64. The van der Waals surface area contributed by atoms with E-state index in [0.29, 0.717) is 17.5 Å². The van der Waals surface area contributed by atoms with Gasteiger partial charge >= 0.3 is 0 Å². The minimum Gasteiger partial charge on any atom is -0.497 e. The smallest absolute Gasteiger partial charge is 0.277 e. The van der Waals surface area contributed by atoms with Crippen LogP contribution in [0.25, 0.3) is 0 Å². The Morgan fingerprint density at radius 2 is 2.00 bits per heavy atom. The molecule has 7 heteroatoms. The van der Waals surface area contributed by atoms with Crippen molar-refractivity contribution in [3.63, 3.8) is 0 Å². The Morgan fingerprint density at radius 3 is 2.76 bits per heavy atom. The molecule has 0 saturated heterocycles. The van der Waals surface area contributed by atoms with Gasteiger partial charge < -0.3 is 14.1 Å². The van der Waals surface area contributed by atoms with Gasteiger partial charge in [-0.3, -0.25) is 4.79 Å². The summed E-state index contributed by atoms with van der Waals surface area (Å²) in [4.78, 5) is 15.0. The zero-order valence-electron chi connectivity index (χ0n) is 16.7. The maximum atomic E-state index is 13.1. The third-order valence-corrected chi connectivity index (χ3v) is 5.95. The van der Waals surface area contributed by atoms with Crippen LogP contribution in [0.5, 0.6) is 5.75 Å².